The van der Waals surface area contributed by atoms with Crippen LogP contribution in [0.15, 0.2) is 48.5 Å². The van der Waals surface area contributed by atoms with Crippen LogP contribution in [-0.2, 0) is 22.6 Å². The average Bonchev–Trinajstić information content (AvgIpc) is 2.60. The lowest BCUT2D eigenvalue weighted by atomic mass is 9.93. The summed E-state index contributed by atoms with van der Waals surface area (Å²) in [4.78, 5) is 25.4. The molecule has 6 heteroatoms. The van der Waals surface area contributed by atoms with Gasteiger partial charge in [0.05, 0.1) is 12.5 Å². The third-order valence-corrected chi connectivity index (χ3v) is 4.46. The Labute approximate surface area is 144 Å². The van der Waals surface area contributed by atoms with E-state index in [1.54, 1.807) is 0 Å². The Morgan fingerprint density at radius 2 is 1.88 bits per heavy atom. The number of nitrogens with zero attached hydrogens (tertiary/aromatic N) is 1. The minimum Gasteiger partial charge on any atom is -0.480 e. The Morgan fingerprint density at radius 3 is 2.56 bits per heavy atom. The van der Waals surface area contributed by atoms with Crippen molar-refractivity contribution in [2.45, 2.75) is 31.5 Å². The minimum atomic E-state index is -1.19. The van der Waals surface area contributed by atoms with E-state index < -0.39 is 29.8 Å². The van der Waals surface area contributed by atoms with Gasteiger partial charge in [0.2, 0.25) is 5.91 Å². The van der Waals surface area contributed by atoms with Crippen molar-refractivity contribution in [3.05, 3.63) is 71.0 Å². The number of carbonyl (C=O) groups is 2. The number of carbonyl (C=O) groups excluding carboxylic acids is 1. The summed E-state index contributed by atoms with van der Waals surface area (Å²) in [7, 11) is 0. The second-order valence-electron chi connectivity index (χ2n) is 6.12. The van der Waals surface area contributed by atoms with E-state index in [2.05, 4.69) is 0 Å². The van der Waals surface area contributed by atoms with Crippen molar-refractivity contribution in [3.63, 3.8) is 0 Å². The Hall–Kier alpha value is -2.73. The fraction of sp³-hybridized carbons (Fsp3) is 0.263. The molecule has 0 spiro atoms. The van der Waals surface area contributed by atoms with E-state index in [9.17, 15) is 24.2 Å². The quantitative estimate of drug-likeness (QED) is 0.893. The number of halogens is 1. The van der Waals surface area contributed by atoms with Crippen LogP contribution >= 0.6 is 0 Å². The van der Waals surface area contributed by atoms with Crippen LogP contribution in [0.5, 0.6) is 0 Å². The molecule has 2 aromatic carbocycles. The third-order valence-electron chi connectivity index (χ3n) is 4.46. The Morgan fingerprint density at radius 1 is 1.16 bits per heavy atom. The summed E-state index contributed by atoms with van der Waals surface area (Å²) in [6.07, 6.45) is -1.25. The smallest absolute Gasteiger partial charge is 0.326 e. The van der Waals surface area contributed by atoms with Gasteiger partial charge in [-0.1, -0.05) is 36.4 Å². The molecule has 0 radical (unpaired) electrons. The first-order valence-corrected chi connectivity index (χ1v) is 7.98. The number of carboxylic acids is 1. The van der Waals surface area contributed by atoms with E-state index in [1.807, 2.05) is 24.3 Å². The summed E-state index contributed by atoms with van der Waals surface area (Å²) < 4.78 is 13.3. The van der Waals surface area contributed by atoms with Crippen LogP contribution in [-0.4, -0.2) is 33.0 Å². The van der Waals surface area contributed by atoms with Crippen LogP contribution in [0, 0.1) is 5.82 Å². The van der Waals surface area contributed by atoms with E-state index >= 15 is 0 Å². The van der Waals surface area contributed by atoms with Crippen LogP contribution in [0.25, 0.3) is 0 Å². The fourth-order valence-corrected chi connectivity index (χ4v) is 3.12. The van der Waals surface area contributed by atoms with Crippen LogP contribution in [0.1, 0.15) is 29.2 Å². The van der Waals surface area contributed by atoms with Crippen LogP contribution in [0.4, 0.5) is 4.39 Å². The van der Waals surface area contributed by atoms with Crippen LogP contribution in [0.2, 0.25) is 0 Å². The number of aliphatic carboxylic acids is 1. The second kappa shape index (κ2) is 7.03. The van der Waals surface area contributed by atoms with Crippen molar-refractivity contribution in [3.8, 4) is 0 Å². The Balaban J connectivity index is 1.79. The van der Waals surface area contributed by atoms with Gasteiger partial charge in [-0.25, -0.2) is 9.18 Å². The summed E-state index contributed by atoms with van der Waals surface area (Å²) >= 11 is 0. The number of carboxylic acid groups (broad SMARTS) is 1. The second-order valence-corrected chi connectivity index (χ2v) is 6.12. The van der Waals surface area contributed by atoms with Gasteiger partial charge in [-0.2, -0.15) is 0 Å². The maximum absolute atomic E-state index is 13.3. The topological polar surface area (TPSA) is 77.8 Å². The lowest BCUT2D eigenvalue weighted by molar-refractivity contribution is -0.152. The molecule has 1 aliphatic heterocycles. The van der Waals surface area contributed by atoms with Gasteiger partial charge in [0.25, 0.3) is 0 Å². The molecule has 1 aliphatic rings. The van der Waals surface area contributed by atoms with E-state index in [1.165, 1.54) is 23.1 Å². The van der Waals surface area contributed by atoms with E-state index in [4.69, 9.17) is 0 Å². The lowest BCUT2D eigenvalue weighted by Gasteiger charge is -2.35. The average molecular weight is 343 g/mol. The highest BCUT2D eigenvalue weighted by Gasteiger charge is 2.35. The van der Waals surface area contributed by atoms with Gasteiger partial charge in [-0.05, 0) is 28.8 Å². The molecule has 0 bridgehead atoms. The summed E-state index contributed by atoms with van der Waals surface area (Å²) in [5.74, 6) is -2.05. The van der Waals surface area contributed by atoms with Crippen molar-refractivity contribution >= 4 is 11.9 Å². The zero-order chi connectivity index (χ0) is 18.0. The molecule has 0 saturated carbocycles. The summed E-state index contributed by atoms with van der Waals surface area (Å²) in [5.41, 5.74) is 2.09. The standard InChI is InChI=1S/C19H18FNO4/c20-15-7-3-6-13(8-15)17(22)10-18(23)21-11-14-5-2-1-4-12(14)9-16(21)19(24)25/h1-8,16-17,22H,9-11H2,(H,24,25)/t16-,17-/m1/s1. The highest BCUT2D eigenvalue weighted by molar-refractivity contribution is 5.85. The SMILES string of the molecule is O=C(O)[C@H]1Cc2ccccc2CN1C(=O)C[C@@H](O)c1cccc(F)c1. The van der Waals surface area contributed by atoms with Crippen molar-refractivity contribution < 1.29 is 24.2 Å². The molecule has 1 amide bonds. The highest BCUT2D eigenvalue weighted by Crippen LogP contribution is 2.26. The summed E-state index contributed by atoms with van der Waals surface area (Å²) in [5, 5.41) is 19.7. The van der Waals surface area contributed by atoms with Gasteiger partial charge in [-0.3, -0.25) is 4.79 Å². The number of amides is 1. The fourth-order valence-electron chi connectivity index (χ4n) is 3.12. The van der Waals surface area contributed by atoms with Gasteiger partial charge in [0, 0.05) is 13.0 Å². The number of aliphatic hydroxyl groups excluding tert-OH is 1. The molecule has 0 saturated heterocycles. The highest BCUT2D eigenvalue weighted by atomic mass is 19.1. The molecule has 0 unspecified atom stereocenters. The number of aliphatic hydroxyl groups is 1. The molecule has 0 fully saturated rings. The van der Waals surface area contributed by atoms with E-state index in [-0.39, 0.29) is 24.9 Å². The molecule has 25 heavy (non-hydrogen) atoms. The third kappa shape index (κ3) is 3.69. The normalized spacial score (nSPS) is 17.7. The molecule has 3 rings (SSSR count). The van der Waals surface area contributed by atoms with E-state index in [0.29, 0.717) is 0 Å². The monoisotopic (exact) mass is 343 g/mol. The van der Waals surface area contributed by atoms with Gasteiger partial charge < -0.3 is 15.1 Å². The first-order valence-electron chi connectivity index (χ1n) is 7.98. The number of benzene rings is 2. The Bertz CT molecular complexity index is 808. The Kier molecular flexibility index (Phi) is 4.81. The molecule has 2 N–H and O–H groups in total. The van der Waals surface area contributed by atoms with Gasteiger partial charge in [-0.15, -0.1) is 0 Å². The number of hydrogen-bond acceptors (Lipinski definition) is 3. The lowest BCUT2D eigenvalue weighted by Crippen LogP contribution is -2.48. The van der Waals surface area contributed by atoms with Crippen LogP contribution < -0.4 is 0 Å². The first-order chi connectivity index (χ1) is 12.0. The summed E-state index contributed by atoms with van der Waals surface area (Å²) in [6.45, 7) is 0.182. The first kappa shape index (κ1) is 17.1. The number of fused-ring (bicyclic) bond motifs is 1. The van der Waals surface area contributed by atoms with Gasteiger partial charge >= 0.3 is 5.97 Å². The molecule has 130 valence electrons. The number of rotatable bonds is 4. The zero-order valence-electron chi connectivity index (χ0n) is 13.4. The maximum atomic E-state index is 13.3. The van der Waals surface area contributed by atoms with E-state index in [0.717, 1.165) is 17.2 Å². The number of hydrogen-bond donors (Lipinski definition) is 2. The van der Waals surface area contributed by atoms with Crippen molar-refractivity contribution in [2.75, 3.05) is 0 Å². The van der Waals surface area contributed by atoms with Crippen molar-refractivity contribution in [1.82, 2.24) is 4.90 Å². The van der Waals surface area contributed by atoms with Gasteiger partial charge in [0.15, 0.2) is 0 Å². The molecule has 0 aromatic heterocycles. The van der Waals surface area contributed by atoms with Crippen molar-refractivity contribution in [1.29, 1.82) is 0 Å². The molecular formula is C19H18FNO4. The van der Waals surface area contributed by atoms with Gasteiger partial charge in [0.1, 0.15) is 11.9 Å². The predicted octanol–water partition coefficient (Wildman–Crippen LogP) is 2.29. The zero-order valence-corrected chi connectivity index (χ0v) is 13.4. The minimum absolute atomic E-state index is 0.182. The molecule has 5 nitrogen and oxygen atoms in total. The molecule has 2 atom stereocenters. The van der Waals surface area contributed by atoms with Crippen molar-refractivity contribution in [2.24, 2.45) is 0 Å². The largest absolute Gasteiger partial charge is 0.480 e. The molecule has 2 aromatic rings. The predicted molar refractivity (Wildman–Crippen MR) is 88.1 cm³/mol. The summed E-state index contributed by atoms with van der Waals surface area (Å²) in [6, 6.07) is 11.8. The molecule has 1 heterocycles. The van der Waals surface area contributed by atoms with Crippen LogP contribution in [0.3, 0.4) is 0 Å². The maximum Gasteiger partial charge on any atom is 0.326 e. The molecular weight excluding hydrogens is 325 g/mol. The molecule has 0 aliphatic carbocycles.